The smallest absolute Gasteiger partial charge is 0.747 e. The predicted octanol–water partition coefficient (Wildman–Crippen LogP) is -1.52. The van der Waals surface area contributed by atoms with Crippen molar-refractivity contribution < 1.29 is 134 Å². The Hall–Kier alpha value is -0.900. The third kappa shape index (κ3) is 9.07. The minimum Gasteiger partial charge on any atom is -0.747 e. The number of carbonyl (C=O) groups is 1. The Kier molecular flexibility index (Phi) is 14.2. The third-order valence-electron chi connectivity index (χ3n) is 5.31. The first-order chi connectivity index (χ1) is 17.9. The number of Topliss-reactive ketones (excluding diaryl/α,β-unsaturated/α-hetero) is 1. The zero-order valence-corrected chi connectivity index (χ0v) is 26.9. The molecule has 0 aliphatic carbocycles. The molecule has 0 saturated heterocycles. The van der Waals surface area contributed by atoms with Crippen molar-refractivity contribution >= 4 is 26.0 Å². The molecule has 0 saturated carbocycles. The van der Waals surface area contributed by atoms with Crippen molar-refractivity contribution in [1.82, 2.24) is 0 Å². The molecule has 42 heavy (non-hydrogen) atoms. The van der Waals surface area contributed by atoms with E-state index in [2.05, 4.69) is 0 Å². The summed E-state index contributed by atoms with van der Waals surface area (Å²) in [5.41, 5.74) is -2.91. The van der Waals surface area contributed by atoms with E-state index in [1.807, 2.05) is 0 Å². The van der Waals surface area contributed by atoms with E-state index in [0.29, 0.717) is 0 Å². The number of rotatable bonds is 12. The van der Waals surface area contributed by atoms with Crippen molar-refractivity contribution in [3.8, 4) is 5.75 Å². The summed E-state index contributed by atoms with van der Waals surface area (Å²) in [6.07, 6.45) is -8.10. The van der Waals surface area contributed by atoms with Crippen molar-refractivity contribution in [3.63, 3.8) is 0 Å². The molecule has 0 fully saturated rings. The summed E-state index contributed by atoms with van der Waals surface area (Å²) in [7, 11) is -10.2. The number of ketones is 1. The van der Waals surface area contributed by atoms with Crippen LogP contribution in [0.15, 0.2) is 53.4 Å². The zero-order chi connectivity index (χ0) is 30.9. The number of ether oxygens (including phenoxy) is 1. The molecule has 0 heterocycles. The summed E-state index contributed by atoms with van der Waals surface area (Å²) >= 11 is 0. The minimum absolute atomic E-state index is 0. The van der Waals surface area contributed by atoms with Crippen LogP contribution in [-0.2, 0) is 26.2 Å². The molecule has 2 aromatic carbocycles. The Balaban J connectivity index is 0.00000840. The summed E-state index contributed by atoms with van der Waals surface area (Å²) in [5, 5.41) is -2.37. The second kappa shape index (κ2) is 14.5. The molecule has 0 bridgehead atoms. The van der Waals surface area contributed by atoms with Gasteiger partial charge in [0.25, 0.3) is 0 Å². The molecule has 1 unspecified atom stereocenters. The molecular weight excluding hydrogens is 661 g/mol. The van der Waals surface area contributed by atoms with Gasteiger partial charge in [0.05, 0.1) is 11.5 Å². The summed E-state index contributed by atoms with van der Waals surface area (Å²) in [6, 6.07) is 4.24. The van der Waals surface area contributed by atoms with E-state index in [9.17, 15) is 70.2 Å². The van der Waals surface area contributed by atoms with E-state index in [-0.39, 0.29) is 102 Å². The van der Waals surface area contributed by atoms with E-state index >= 15 is 0 Å². The number of hydrogen-bond donors (Lipinski definition) is 0. The number of benzene rings is 2. The van der Waals surface area contributed by atoms with E-state index in [4.69, 9.17) is 4.74 Å². The molecular formula is C21H15F9Na2O8S2. The maximum atomic E-state index is 14.0. The SMILES string of the molecule is O=C(c1ccc(C(F)(F)C(F)(F)C(F)(F)C(F)(F)F)cc1)C(CCCOc1ccc(S(=O)(=O)[O-])cc1)S(=O)(=O)[O-].[Na+].[Na+]. The molecule has 2 rings (SSSR count). The average molecular weight is 676 g/mol. The summed E-state index contributed by atoms with van der Waals surface area (Å²) in [4.78, 5) is 11.9. The third-order valence-corrected chi connectivity index (χ3v) is 7.31. The molecule has 0 aliphatic heterocycles. The van der Waals surface area contributed by atoms with Gasteiger partial charge in [-0.3, -0.25) is 4.79 Å². The standard InChI is InChI=1S/C21H17F9O8S2.2Na/c22-18(23,19(24,25)20(26,27)21(28,29)30)13-5-3-12(4-6-13)17(31)16(40(35,36)37)2-1-11-38-14-7-9-15(10-8-14)39(32,33)34;;/h3-10,16H,1-2,11H2,(H,32,33,34)(H,35,36,37);;/q;2*+1/p-2. The van der Waals surface area contributed by atoms with Gasteiger partial charge in [0.2, 0.25) is 0 Å². The number of alkyl halides is 9. The van der Waals surface area contributed by atoms with Crippen LogP contribution in [0.3, 0.4) is 0 Å². The van der Waals surface area contributed by atoms with E-state index < -0.39 is 77.7 Å². The van der Waals surface area contributed by atoms with Gasteiger partial charge in [-0.1, -0.05) is 24.3 Å². The van der Waals surface area contributed by atoms with Crippen LogP contribution in [0.1, 0.15) is 28.8 Å². The molecule has 0 aromatic heterocycles. The van der Waals surface area contributed by atoms with Crippen LogP contribution in [0.5, 0.6) is 5.75 Å². The summed E-state index contributed by atoms with van der Waals surface area (Å²) in [6.45, 7) is -0.365. The van der Waals surface area contributed by atoms with E-state index in [1.54, 1.807) is 0 Å². The van der Waals surface area contributed by atoms with Gasteiger partial charge in [0.15, 0.2) is 5.78 Å². The molecule has 1 atom stereocenters. The van der Waals surface area contributed by atoms with Gasteiger partial charge >= 0.3 is 83.1 Å². The van der Waals surface area contributed by atoms with Crippen LogP contribution >= 0.6 is 0 Å². The van der Waals surface area contributed by atoms with Gasteiger partial charge in [0.1, 0.15) is 31.2 Å². The minimum atomic E-state index is -7.16. The second-order valence-electron chi connectivity index (χ2n) is 8.06. The number of halogens is 9. The summed E-state index contributed by atoms with van der Waals surface area (Å²) < 4.78 is 191. The van der Waals surface area contributed by atoms with E-state index in [1.165, 1.54) is 0 Å². The Bertz CT molecular complexity index is 1430. The number of carbonyl (C=O) groups excluding carboxylic acids is 1. The van der Waals surface area contributed by atoms with Crippen LogP contribution in [0.25, 0.3) is 0 Å². The van der Waals surface area contributed by atoms with Crippen molar-refractivity contribution in [2.75, 3.05) is 6.61 Å². The first-order valence-electron chi connectivity index (χ1n) is 10.4. The van der Waals surface area contributed by atoms with Crippen LogP contribution in [0.4, 0.5) is 39.5 Å². The molecule has 0 aliphatic rings. The first kappa shape index (κ1) is 41.1. The maximum absolute atomic E-state index is 14.0. The van der Waals surface area contributed by atoms with E-state index in [0.717, 1.165) is 24.3 Å². The fourth-order valence-corrected chi connectivity index (χ4v) is 4.48. The number of hydrogen-bond acceptors (Lipinski definition) is 8. The second-order valence-corrected chi connectivity index (χ2v) is 11.0. The Morgan fingerprint density at radius 2 is 1.24 bits per heavy atom. The fourth-order valence-electron chi connectivity index (χ4n) is 3.15. The van der Waals surface area contributed by atoms with Gasteiger partial charge in [-0.15, -0.1) is 0 Å². The topological polar surface area (TPSA) is 141 Å². The normalized spacial score (nSPS) is 13.9. The Labute approximate surface area is 277 Å². The molecule has 0 N–H and O–H groups in total. The van der Waals surface area contributed by atoms with Gasteiger partial charge in [0, 0.05) is 11.1 Å². The first-order valence-corrected chi connectivity index (χ1v) is 13.3. The van der Waals surface area contributed by atoms with Gasteiger partial charge < -0.3 is 13.8 Å². The summed E-state index contributed by atoms with van der Waals surface area (Å²) in [5.74, 6) is -21.7. The molecule has 2 aromatic rings. The average Bonchev–Trinajstić information content (AvgIpc) is 2.81. The van der Waals surface area contributed by atoms with Crippen LogP contribution in [0.2, 0.25) is 0 Å². The molecule has 224 valence electrons. The molecule has 0 amide bonds. The monoisotopic (exact) mass is 676 g/mol. The predicted molar refractivity (Wildman–Crippen MR) is 113 cm³/mol. The molecule has 0 spiro atoms. The van der Waals surface area contributed by atoms with Crippen LogP contribution < -0.4 is 63.9 Å². The van der Waals surface area contributed by atoms with Crippen molar-refractivity contribution in [2.45, 2.75) is 46.9 Å². The molecule has 21 heteroatoms. The van der Waals surface area contributed by atoms with Crippen LogP contribution in [0, 0.1) is 0 Å². The molecule has 8 nitrogen and oxygen atoms in total. The van der Waals surface area contributed by atoms with Crippen molar-refractivity contribution in [2.24, 2.45) is 0 Å². The van der Waals surface area contributed by atoms with Gasteiger partial charge in [-0.2, -0.15) is 39.5 Å². The quantitative estimate of drug-likeness (QED) is 0.0869. The molecule has 0 radical (unpaired) electrons. The van der Waals surface area contributed by atoms with Crippen LogP contribution in [-0.4, -0.2) is 61.6 Å². The maximum Gasteiger partial charge on any atom is 1.00 e. The van der Waals surface area contributed by atoms with Gasteiger partial charge in [-0.25, -0.2) is 16.8 Å². The zero-order valence-electron chi connectivity index (χ0n) is 21.3. The largest absolute Gasteiger partial charge is 1.00 e. The van der Waals surface area contributed by atoms with Crippen molar-refractivity contribution in [3.05, 3.63) is 59.7 Å². The fraction of sp³-hybridized carbons (Fsp3) is 0.381. The van der Waals surface area contributed by atoms with Crippen molar-refractivity contribution in [1.29, 1.82) is 0 Å². The Morgan fingerprint density at radius 1 is 0.762 bits per heavy atom. The Morgan fingerprint density at radius 3 is 1.64 bits per heavy atom. The van der Waals surface area contributed by atoms with Gasteiger partial charge in [-0.05, 0) is 37.1 Å².